The monoisotopic (exact) mass is 265 g/mol. The van der Waals surface area contributed by atoms with Crippen LogP contribution in [-0.2, 0) is 13.0 Å². The molecule has 2 aromatic rings. The lowest BCUT2D eigenvalue weighted by Gasteiger charge is -2.22. The smallest absolute Gasteiger partial charge is 0.277 e. The number of rotatable bonds is 2. The van der Waals surface area contributed by atoms with Crippen LogP contribution in [0.4, 0.5) is 8.78 Å². The maximum atomic E-state index is 14.4. The number of halogens is 2. The van der Waals surface area contributed by atoms with Gasteiger partial charge in [-0.2, -0.15) is 0 Å². The second-order valence-electron chi connectivity index (χ2n) is 5.23. The maximum Gasteiger partial charge on any atom is 0.277 e. The molecule has 0 spiro atoms. The number of imidazole rings is 1. The van der Waals surface area contributed by atoms with E-state index in [2.05, 4.69) is 10.3 Å². The quantitative estimate of drug-likeness (QED) is 0.904. The van der Waals surface area contributed by atoms with E-state index in [0.717, 1.165) is 11.3 Å². The van der Waals surface area contributed by atoms with Crippen LogP contribution in [-0.4, -0.2) is 22.6 Å². The highest BCUT2D eigenvalue weighted by atomic mass is 19.3. The van der Waals surface area contributed by atoms with Gasteiger partial charge in [-0.1, -0.05) is 6.07 Å². The molecule has 1 fully saturated rings. The molecule has 0 saturated carbocycles. The highest BCUT2D eigenvalue weighted by Gasteiger charge is 2.42. The average Bonchev–Trinajstić information content (AvgIpc) is 2.99. The van der Waals surface area contributed by atoms with Crippen LogP contribution >= 0.6 is 0 Å². The number of aromatic nitrogens is 2. The molecule has 3 rings (SSSR count). The number of hydrogen-bond acceptors (Lipinski definition) is 2. The van der Waals surface area contributed by atoms with Crippen molar-refractivity contribution >= 4 is 11.0 Å². The number of nitrogens with one attached hydrogen (secondary N) is 1. The fraction of sp³-hybridized carbons (Fsp3) is 0.500. The van der Waals surface area contributed by atoms with Crippen molar-refractivity contribution in [1.29, 1.82) is 0 Å². The standard InChI is InChI=1S/C14H17F2N3/c1-9-18-12-7-10(3-4-13(12)19(9)2)14(15,16)11-5-6-17-8-11/h3-4,7,11,17H,5-6,8H2,1-2H3. The summed E-state index contributed by atoms with van der Waals surface area (Å²) in [6, 6.07) is 4.80. The molecule has 1 atom stereocenters. The second-order valence-corrected chi connectivity index (χ2v) is 5.23. The van der Waals surface area contributed by atoms with Gasteiger partial charge in [0.1, 0.15) is 5.82 Å². The third kappa shape index (κ3) is 1.92. The van der Waals surface area contributed by atoms with Crippen LogP contribution in [0.2, 0.25) is 0 Å². The number of hydrogen-bond donors (Lipinski definition) is 1. The molecule has 1 N–H and O–H groups in total. The summed E-state index contributed by atoms with van der Waals surface area (Å²) in [5.41, 5.74) is 1.61. The predicted octanol–water partition coefficient (Wildman–Crippen LogP) is 2.58. The molecule has 0 radical (unpaired) electrons. The first kappa shape index (κ1) is 12.5. The highest BCUT2D eigenvalue weighted by molar-refractivity contribution is 5.77. The average molecular weight is 265 g/mol. The first-order valence-electron chi connectivity index (χ1n) is 6.52. The maximum absolute atomic E-state index is 14.4. The molecule has 1 saturated heterocycles. The Bertz CT molecular complexity index is 612. The van der Waals surface area contributed by atoms with Crippen molar-refractivity contribution in [3.8, 4) is 0 Å². The Morgan fingerprint density at radius 1 is 1.42 bits per heavy atom. The fourth-order valence-electron chi connectivity index (χ4n) is 2.73. The molecular weight excluding hydrogens is 248 g/mol. The molecule has 19 heavy (non-hydrogen) atoms. The van der Waals surface area contributed by atoms with Crippen LogP contribution in [0.25, 0.3) is 11.0 Å². The van der Waals surface area contributed by atoms with E-state index in [1.807, 2.05) is 18.5 Å². The van der Waals surface area contributed by atoms with E-state index < -0.39 is 11.8 Å². The van der Waals surface area contributed by atoms with Gasteiger partial charge in [0.25, 0.3) is 5.92 Å². The van der Waals surface area contributed by atoms with Crippen LogP contribution in [0, 0.1) is 12.8 Å². The molecular formula is C14H17F2N3. The predicted molar refractivity (Wildman–Crippen MR) is 70.3 cm³/mol. The van der Waals surface area contributed by atoms with Gasteiger partial charge >= 0.3 is 0 Å². The zero-order valence-electron chi connectivity index (χ0n) is 11.1. The van der Waals surface area contributed by atoms with Gasteiger partial charge in [-0.05, 0) is 32.0 Å². The number of alkyl halides is 2. The lowest BCUT2D eigenvalue weighted by atomic mass is 9.93. The number of aryl methyl sites for hydroxylation is 2. The highest BCUT2D eigenvalue weighted by Crippen LogP contribution is 2.39. The summed E-state index contributed by atoms with van der Waals surface area (Å²) < 4.78 is 30.8. The fourth-order valence-corrected chi connectivity index (χ4v) is 2.73. The first-order chi connectivity index (χ1) is 9.00. The van der Waals surface area contributed by atoms with Crippen LogP contribution in [0.5, 0.6) is 0 Å². The Morgan fingerprint density at radius 3 is 2.89 bits per heavy atom. The van der Waals surface area contributed by atoms with Crippen molar-refractivity contribution in [2.45, 2.75) is 19.3 Å². The summed E-state index contributed by atoms with van der Waals surface area (Å²) in [6.07, 6.45) is 0.520. The number of nitrogens with zero attached hydrogens (tertiary/aromatic N) is 2. The third-order valence-electron chi connectivity index (χ3n) is 4.06. The number of benzene rings is 1. The van der Waals surface area contributed by atoms with Crippen LogP contribution < -0.4 is 5.32 Å². The molecule has 0 aliphatic carbocycles. The van der Waals surface area contributed by atoms with E-state index in [1.165, 1.54) is 12.1 Å². The summed E-state index contributed by atoms with van der Waals surface area (Å²) in [7, 11) is 1.89. The summed E-state index contributed by atoms with van der Waals surface area (Å²) in [5, 5.41) is 3.00. The second kappa shape index (κ2) is 4.27. The normalized spacial score (nSPS) is 20.3. The Hall–Kier alpha value is -1.49. The lowest BCUT2D eigenvalue weighted by Crippen LogP contribution is -2.27. The lowest BCUT2D eigenvalue weighted by molar-refractivity contribution is -0.0574. The topological polar surface area (TPSA) is 29.9 Å². The van der Waals surface area contributed by atoms with Gasteiger partial charge in [-0.15, -0.1) is 0 Å². The molecule has 5 heteroatoms. The van der Waals surface area contributed by atoms with E-state index in [4.69, 9.17) is 0 Å². The van der Waals surface area contributed by atoms with Crippen molar-refractivity contribution in [1.82, 2.24) is 14.9 Å². The number of fused-ring (bicyclic) bond motifs is 1. The molecule has 0 amide bonds. The third-order valence-corrected chi connectivity index (χ3v) is 4.06. The van der Waals surface area contributed by atoms with Crippen LogP contribution in [0.3, 0.4) is 0 Å². The van der Waals surface area contributed by atoms with Crippen molar-refractivity contribution in [3.05, 3.63) is 29.6 Å². The summed E-state index contributed by atoms with van der Waals surface area (Å²) >= 11 is 0. The van der Waals surface area contributed by atoms with Crippen molar-refractivity contribution in [2.75, 3.05) is 13.1 Å². The SMILES string of the molecule is Cc1nc2cc(C(F)(F)C3CCNC3)ccc2n1C. The largest absolute Gasteiger partial charge is 0.331 e. The minimum Gasteiger partial charge on any atom is -0.331 e. The van der Waals surface area contributed by atoms with Crippen LogP contribution in [0.15, 0.2) is 18.2 Å². The molecule has 0 bridgehead atoms. The van der Waals surface area contributed by atoms with E-state index in [9.17, 15) is 8.78 Å². The first-order valence-corrected chi connectivity index (χ1v) is 6.52. The molecule has 1 aromatic heterocycles. The zero-order valence-corrected chi connectivity index (χ0v) is 11.1. The van der Waals surface area contributed by atoms with Gasteiger partial charge in [-0.25, -0.2) is 13.8 Å². The van der Waals surface area contributed by atoms with Crippen molar-refractivity contribution in [2.24, 2.45) is 13.0 Å². The zero-order chi connectivity index (χ0) is 13.6. The molecule has 1 aliphatic heterocycles. The van der Waals surface area contributed by atoms with Gasteiger partial charge in [0, 0.05) is 25.1 Å². The van der Waals surface area contributed by atoms with Gasteiger partial charge in [0.15, 0.2) is 0 Å². The van der Waals surface area contributed by atoms with Gasteiger partial charge < -0.3 is 9.88 Å². The van der Waals surface area contributed by atoms with Gasteiger partial charge in [0.05, 0.1) is 11.0 Å². The Kier molecular flexibility index (Phi) is 2.82. The molecule has 1 aliphatic rings. The molecule has 2 heterocycles. The van der Waals surface area contributed by atoms with E-state index in [-0.39, 0.29) is 5.56 Å². The Morgan fingerprint density at radius 2 is 2.21 bits per heavy atom. The minimum atomic E-state index is -2.79. The molecule has 102 valence electrons. The van der Waals surface area contributed by atoms with Crippen LogP contribution in [0.1, 0.15) is 17.8 Å². The van der Waals surface area contributed by atoms with E-state index >= 15 is 0 Å². The Labute approximate surface area is 110 Å². The molecule has 1 aromatic carbocycles. The minimum absolute atomic E-state index is 0.0757. The van der Waals surface area contributed by atoms with Gasteiger partial charge in [0.2, 0.25) is 0 Å². The summed E-state index contributed by atoms with van der Waals surface area (Å²) in [6.45, 7) is 2.93. The summed E-state index contributed by atoms with van der Waals surface area (Å²) in [4.78, 5) is 4.33. The van der Waals surface area contributed by atoms with Crippen molar-refractivity contribution < 1.29 is 8.78 Å². The van der Waals surface area contributed by atoms with E-state index in [1.54, 1.807) is 6.07 Å². The Balaban J connectivity index is 2.05. The molecule has 3 nitrogen and oxygen atoms in total. The van der Waals surface area contributed by atoms with Crippen molar-refractivity contribution in [3.63, 3.8) is 0 Å². The van der Waals surface area contributed by atoms with E-state index in [0.29, 0.717) is 25.0 Å². The summed E-state index contributed by atoms with van der Waals surface area (Å²) in [5.74, 6) is -2.57. The molecule has 1 unspecified atom stereocenters. The van der Waals surface area contributed by atoms with Gasteiger partial charge in [-0.3, -0.25) is 0 Å².